The highest BCUT2D eigenvalue weighted by Crippen LogP contribution is 2.44. The van der Waals surface area contributed by atoms with Crippen molar-refractivity contribution in [3.63, 3.8) is 0 Å². The number of carbonyl (C=O) groups excluding carboxylic acids is 2. The van der Waals surface area contributed by atoms with Crippen LogP contribution in [0.4, 0.5) is 0 Å². The van der Waals surface area contributed by atoms with Gasteiger partial charge in [0.05, 0.1) is 13.0 Å². The SMILES string of the molecule is CCOC(=O)CCN(C)C(=O)C1(CC(C)C)CCCC1. The van der Waals surface area contributed by atoms with Gasteiger partial charge < -0.3 is 9.64 Å². The third kappa shape index (κ3) is 4.50. The van der Waals surface area contributed by atoms with Gasteiger partial charge in [-0.05, 0) is 32.1 Å². The van der Waals surface area contributed by atoms with Crippen molar-refractivity contribution in [3.05, 3.63) is 0 Å². The second-order valence-electron chi connectivity index (χ2n) is 6.37. The molecule has 0 unspecified atom stereocenters. The van der Waals surface area contributed by atoms with Gasteiger partial charge in [0.25, 0.3) is 0 Å². The van der Waals surface area contributed by atoms with Gasteiger partial charge in [0.15, 0.2) is 0 Å². The Hall–Kier alpha value is -1.06. The Labute approximate surface area is 122 Å². The van der Waals surface area contributed by atoms with Crippen LogP contribution in [0.25, 0.3) is 0 Å². The molecule has 0 saturated heterocycles. The van der Waals surface area contributed by atoms with Gasteiger partial charge in [-0.2, -0.15) is 0 Å². The Morgan fingerprint density at radius 1 is 1.25 bits per heavy atom. The minimum atomic E-state index is -0.225. The van der Waals surface area contributed by atoms with Crippen LogP contribution in [0.15, 0.2) is 0 Å². The van der Waals surface area contributed by atoms with Crippen molar-refractivity contribution in [2.24, 2.45) is 11.3 Å². The zero-order valence-corrected chi connectivity index (χ0v) is 13.4. The Kier molecular flexibility index (Phi) is 6.50. The van der Waals surface area contributed by atoms with Crippen LogP contribution < -0.4 is 0 Å². The lowest BCUT2D eigenvalue weighted by Crippen LogP contribution is -2.42. The molecule has 0 heterocycles. The Bertz CT molecular complexity index is 333. The van der Waals surface area contributed by atoms with Crippen molar-refractivity contribution >= 4 is 11.9 Å². The van der Waals surface area contributed by atoms with Crippen molar-refractivity contribution in [2.75, 3.05) is 20.2 Å². The zero-order chi connectivity index (χ0) is 15.2. The number of rotatable bonds is 7. The summed E-state index contributed by atoms with van der Waals surface area (Å²) in [6.45, 7) is 6.99. The third-order valence-corrected chi connectivity index (χ3v) is 4.12. The maximum atomic E-state index is 12.7. The first-order valence-electron chi connectivity index (χ1n) is 7.82. The molecule has 4 heteroatoms. The van der Waals surface area contributed by atoms with E-state index in [0.29, 0.717) is 19.1 Å². The Morgan fingerprint density at radius 2 is 1.85 bits per heavy atom. The first-order chi connectivity index (χ1) is 9.41. The molecule has 0 bridgehead atoms. The molecule has 0 aromatic carbocycles. The van der Waals surface area contributed by atoms with Crippen molar-refractivity contribution in [1.82, 2.24) is 4.90 Å². The number of ether oxygens (including phenoxy) is 1. The average molecular weight is 283 g/mol. The lowest BCUT2D eigenvalue weighted by Gasteiger charge is -2.33. The second kappa shape index (κ2) is 7.65. The molecule has 1 rings (SSSR count). The fourth-order valence-electron chi connectivity index (χ4n) is 3.34. The summed E-state index contributed by atoms with van der Waals surface area (Å²) in [4.78, 5) is 25.9. The summed E-state index contributed by atoms with van der Waals surface area (Å²) in [6.07, 6.45) is 5.51. The van der Waals surface area contributed by atoms with Crippen LogP contribution in [0.3, 0.4) is 0 Å². The topological polar surface area (TPSA) is 46.6 Å². The number of hydrogen-bond donors (Lipinski definition) is 0. The molecule has 1 saturated carbocycles. The van der Waals surface area contributed by atoms with E-state index in [9.17, 15) is 9.59 Å². The lowest BCUT2D eigenvalue weighted by atomic mass is 9.77. The molecule has 0 aromatic rings. The minimum absolute atomic E-state index is 0.183. The van der Waals surface area contributed by atoms with Gasteiger partial charge >= 0.3 is 5.97 Å². The second-order valence-corrected chi connectivity index (χ2v) is 6.37. The summed E-state index contributed by atoms with van der Waals surface area (Å²) in [7, 11) is 1.81. The quantitative estimate of drug-likeness (QED) is 0.675. The monoisotopic (exact) mass is 283 g/mol. The number of carbonyl (C=O) groups is 2. The van der Waals surface area contributed by atoms with E-state index in [1.54, 1.807) is 11.8 Å². The van der Waals surface area contributed by atoms with Gasteiger partial charge in [-0.25, -0.2) is 0 Å². The van der Waals surface area contributed by atoms with Crippen LogP contribution in [-0.2, 0) is 14.3 Å². The van der Waals surface area contributed by atoms with E-state index in [1.165, 1.54) is 0 Å². The number of esters is 1. The summed E-state index contributed by atoms with van der Waals surface area (Å²) in [5.41, 5.74) is -0.183. The summed E-state index contributed by atoms with van der Waals surface area (Å²) >= 11 is 0. The molecule has 0 N–H and O–H groups in total. The van der Waals surface area contributed by atoms with Crippen LogP contribution in [0.5, 0.6) is 0 Å². The molecule has 1 amide bonds. The summed E-state index contributed by atoms with van der Waals surface area (Å²) in [5, 5.41) is 0. The maximum Gasteiger partial charge on any atom is 0.307 e. The molecule has 4 nitrogen and oxygen atoms in total. The molecule has 0 aliphatic heterocycles. The highest BCUT2D eigenvalue weighted by Gasteiger charge is 2.42. The standard InChI is InChI=1S/C16H29NO3/c1-5-20-14(18)8-11-17(4)15(19)16(12-13(2)3)9-6-7-10-16/h13H,5-12H2,1-4H3. The summed E-state index contributed by atoms with van der Waals surface area (Å²) in [6, 6.07) is 0. The van der Waals surface area contributed by atoms with Gasteiger partial charge in [-0.15, -0.1) is 0 Å². The van der Waals surface area contributed by atoms with Crippen molar-refractivity contribution < 1.29 is 14.3 Å². The van der Waals surface area contributed by atoms with Crippen molar-refractivity contribution in [2.45, 2.75) is 59.3 Å². The molecule has 0 atom stereocenters. The van der Waals surface area contributed by atoms with E-state index in [0.717, 1.165) is 32.1 Å². The van der Waals surface area contributed by atoms with Crippen LogP contribution in [0.2, 0.25) is 0 Å². The predicted octanol–water partition coefficient (Wildman–Crippen LogP) is 3.00. The van der Waals surface area contributed by atoms with Crippen LogP contribution >= 0.6 is 0 Å². The molecule has 20 heavy (non-hydrogen) atoms. The molecular formula is C16H29NO3. The van der Waals surface area contributed by atoms with Gasteiger partial charge in [-0.1, -0.05) is 26.7 Å². The predicted molar refractivity (Wildman–Crippen MR) is 79.2 cm³/mol. The highest BCUT2D eigenvalue weighted by atomic mass is 16.5. The van der Waals surface area contributed by atoms with Crippen LogP contribution in [0, 0.1) is 11.3 Å². The average Bonchev–Trinajstić information content (AvgIpc) is 2.84. The molecule has 0 spiro atoms. The van der Waals surface area contributed by atoms with E-state index in [4.69, 9.17) is 4.74 Å². The molecule has 1 aliphatic carbocycles. The maximum absolute atomic E-state index is 12.7. The Morgan fingerprint density at radius 3 is 2.35 bits per heavy atom. The molecule has 0 radical (unpaired) electrons. The normalized spacial score (nSPS) is 17.2. The molecular weight excluding hydrogens is 254 g/mol. The van der Waals surface area contributed by atoms with Crippen LogP contribution in [0.1, 0.15) is 59.3 Å². The van der Waals surface area contributed by atoms with E-state index in [2.05, 4.69) is 13.8 Å². The number of nitrogens with zero attached hydrogens (tertiary/aromatic N) is 1. The van der Waals surface area contributed by atoms with Gasteiger partial charge in [0.1, 0.15) is 0 Å². The molecule has 1 aliphatic rings. The smallest absolute Gasteiger partial charge is 0.307 e. The van der Waals surface area contributed by atoms with E-state index >= 15 is 0 Å². The van der Waals surface area contributed by atoms with Gasteiger partial charge in [-0.3, -0.25) is 9.59 Å². The zero-order valence-electron chi connectivity index (χ0n) is 13.4. The van der Waals surface area contributed by atoms with E-state index in [-0.39, 0.29) is 23.7 Å². The number of amides is 1. The van der Waals surface area contributed by atoms with Gasteiger partial charge in [0, 0.05) is 19.0 Å². The molecule has 116 valence electrons. The van der Waals surface area contributed by atoms with Crippen LogP contribution in [-0.4, -0.2) is 37.0 Å². The fraction of sp³-hybridized carbons (Fsp3) is 0.875. The van der Waals surface area contributed by atoms with E-state index in [1.807, 2.05) is 7.05 Å². The summed E-state index contributed by atoms with van der Waals surface area (Å²) < 4.78 is 4.91. The van der Waals surface area contributed by atoms with Gasteiger partial charge in [0.2, 0.25) is 5.91 Å². The first-order valence-corrected chi connectivity index (χ1v) is 7.82. The third-order valence-electron chi connectivity index (χ3n) is 4.12. The molecule has 1 fully saturated rings. The minimum Gasteiger partial charge on any atom is -0.466 e. The Balaban J connectivity index is 2.58. The largest absolute Gasteiger partial charge is 0.466 e. The van der Waals surface area contributed by atoms with Crippen molar-refractivity contribution in [1.29, 1.82) is 0 Å². The molecule has 0 aromatic heterocycles. The number of hydrogen-bond acceptors (Lipinski definition) is 3. The summed E-state index contributed by atoms with van der Waals surface area (Å²) in [5.74, 6) is 0.514. The highest BCUT2D eigenvalue weighted by molar-refractivity contribution is 5.83. The first kappa shape index (κ1) is 17.0. The lowest BCUT2D eigenvalue weighted by molar-refractivity contribution is -0.146. The fourth-order valence-corrected chi connectivity index (χ4v) is 3.34. The van der Waals surface area contributed by atoms with E-state index < -0.39 is 0 Å². The van der Waals surface area contributed by atoms with Crippen molar-refractivity contribution in [3.8, 4) is 0 Å².